The molecule has 0 bridgehead atoms. The van der Waals surface area contributed by atoms with E-state index < -0.39 is 11.9 Å². The van der Waals surface area contributed by atoms with Crippen LogP contribution in [0.2, 0.25) is 0 Å². The van der Waals surface area contributed by atoms with Crippen molar-refractivity contribution < 1.29 is 14.7 Å². The summed E-state index contributed by atoms with van der Waals surface area (Å²) in [5.41, 5.74) is 0.646. The van der Waals surface area contributed by atoms with Gasteiger partial charge in [0.25, 0.3) is 5.91 Å². The summed E-state index contributed by atoms with van der Waals surface area (Å²) >= 11 is 3.17. The highest BCUT2D eigenvalue weighted by Crippen LogP contribution is 2.16. The van der Waals surface area contributed by atoms with Crippen LogP contribution in [0.15, 0.2) is 47.2 Å². The molecule has 0 aliphatic carbocycles. The van der Waals surface area contributed by atoms with Gasteiger partial charge in [-0.05, 0) is 40.2 Å². The lowest BCUT2D eigenvalue weighted by molar-refractivity contribution is 0.0698. The van der Waals surface area contributed by atoms with Gasteiger partial charge in [0, 0.05) is 6.20 Å². The van der Waals surface area contributed by atoms with Crippen LogP contribution in [-0.4, -0.2) is 22.0 Å². The van der Waals surface area contributed by atoms with Crippen molar-refractivity contribution in [2.45, 2.75) is 0 Å². The summed E-state index contributed by atoms with van der Waals surface area (Å²) in [7, 11) is 0. The molecule has 6 heteroatoms. The van der Waals surface area contributed by atoms with Gasteiger partial charge in [-0.3, -0.25) is 4.79 Å². The second-order valence-corrected chi connectivity index (χ2v) is 4.49. The average molecular weight is 321 g/mol. The van der Waals surface area contributed by atoms with Crippen molar-refractivity contribution in [3.63, 3.8) is 0 Å². The number of nitrogens with one attached hydrogen (secondary N) is 1. The molecule has 0 atom stereocenters. The Morgan fingerprint density at radius 1 is 1.16 bits per heavy atom. The highest BCUT2D eigenvalue weighted by molar-refractivity contribution is 9.10. The van der Waals surface area contributed by atoms with Gasteiger partial charge in [-0.15, -0.1) is 0 Å². The van der Waals surface area contributed by atoms with Gasteiger partial charge in [-0.2, -0.15) is 0 Å². The van der Waals surface area contributed by atoms with E-state index in [9.17, 15) is 9.59 Å². The zero-order valence-electron chi connectivity index (χ0n) is 9.63. The Hall–Kier alpha value is -2.21. The van der Waals surface area contributed by atoms with Crippen LogP contribution in [0.4, 0.5) is 5.69 Å². The number of halogens is 1. The van der Waals surface area contributed by atoms with E-state index in [1.165, 1.54) is 18.3 Å². The molecule has 0 aliphatic rings. The normalized spacial score (nSPS) is 9.95. The topological polar surface area (TPSA) is 79.3 Å². The van der Waals surface area contributed by atoms with Gasteiger partial charge in [0.15, 0.2) is 0 Å². The molecule has 5 nitrogen and oxygen atoms in total. The number of aromatic carboxylic acids is 1. The lowest BCUT2D eigenvalue weighted by Crippen LogP contribution is -2.14. The number of aromatic nitrogens is 1. The molecule has 1 aromatic heterocycles. The average Bonchev–Trinajstić information content (AvgIpc) is 2.39. The van der Waals surface area contributed by atoms with Crippen molar-refractivity contribution in [3.05, 3.63) is 58.3 Å². The zero-order chi connectivity index (χ0) is 13.8. The van der Waals surface area contributed by atoms with Crippen molar-refractivity contribution in [1.29, 1.82) is 0 Å². The van der Waals surface area contributed by atoms with Crippen LogP contribution < -0.4 is 5.32 Å². The number of benzene rings is 1. The number of carboxylic acid groups (broad SMARTS) is 1. The molecule has 0 unspecified atom stereocenters. The van der Waals surface area contributed by atoms with Crippen molar-refractivity contribution in [1.82, 2.24) is 4.98 Å². The Bertz CT molecular complexity index is 626. The minimum absolute atomic E-state index is 0.0425. The predicted molar refractivity (Wildman–Crippen MR) is 73.3 cm³/mol. The maximum absolute atomic E-state index is 11.9. The number of carbonyl (C=O) groups excluding carboxylic acids is 1. The molecule has 0 spiro atoms. The van der Waals surface area contributed by atoms with Crippen molar-refractivity contribution in [3.8, 4) is 0 Å². The third-order valence-electron chi connectivity index (χ3n) is 2.40. The molecule has 0 saturated heterocycles. The highest BCUT2D eigenvalue weighted by atomic mass is 79.9. The molecule has 1 aromatic carbocycles. The lowest BCUT2D eigenvalue weighted by Gasteiger charge is -2.07. The minimum atomic E-state index is -1.09. The molecular weight excluding hydrogens is 312 g/mol. The molecule has 2 aromatic rings. The summed E-state index contributed by atoms with van der Waals surface area (Å²) in [6, 6.07) is 9.45. The molecular formula is C13H9BrN2O3. The van der Waals surface area contributed by atoms with E-state index in [0.29, 0.717) is 10.2 Å². The van der Waals surface area contributed by atoms with Crippen molar-refractivity contribution in [2.24, 2.45) is 0 Å². The van der Waals surface area contributed by atoms with Gasteiger partial charge in [0.1, 0.15) is 4.60 Å². The second-order valence-electron chi connectivity index (χ2n) is 3.67. The summed E-state index contributed by atoms with van der Waals surface area (Å²) in [6.45, 7) is 0. The molecule has 96 valence electrons. The van der Waals surface area contributed by atoms with Crippen LogP contribution in [-0.2, 0) is 0 Å². The van der Waals surface area contributed by atoms with Gasteiger partial charge in [-0.25, -0.2) is 9.78 Å². The third kappa shape index (κ3) is 3.17. The number of carboxylic acids is 1. The van der Waals surface area contributed by atoms with Crippen LogP contribution >= 0.6 is 15.9 Å². The smallest absolute Gasteiger partial charge is 0.337 e. The molecule has 19 heavy (non-hydrogen) atoms. The van der Waals surface area contributed by atoms with Crippen molar-refractivity contribution in [2.75, 3.05) is 5.32 Å². The molecule has 2 N–H and O–H groups in total. The molecule has 0 fully saturated rings. The molecule has 1 heterocycles. The van der Waals surface area contributed by atoms with Gasteiger partial charge in [0.05, 0.1) is 16.8 Å². The van der Waals surface area contributed by atoms with Crippen molar-refractivity contribution >= 4 is 33.5 Å². The minimum Gasteiger partial charge on any atom is -0.478 e. The van der Waals surface area contributed by atoms with Gasteiger partial charge in [0.2, 0.25) is 0 Å². The maximum Gasteiger partial charge on any atom is 0.337 e. The van der Waals surface area contributed by atoms with E-state index in [2.05, 4.69) is 26.2 Å². The SMILES string of the molecule is O=C(Nc1ccccc1C(=O)O)c1ccc(Br)nc1. The molecule has 0 aliphatic heterocycles. The van der Waals surface area contributed by atoms with Crippen LogP contribution in [0.5, 0.6) is 0 Å². The van der Waals surface area contributed by atoms with Gasteiger partial charge in [-0.1, -0.05) is 12.1 Å². The summed E-state index contributed by atoms with van der Waals surface area (Å²) in [5, 5.41) is 11.6. The number of carbonyl (C=O) groups is 2. The second kappa shape index (κ2) is 5.62. The fraction of sp³-hybridized carbons (Fsp3) is 0. The first-order valence-electron chi connectivity index (χ1n) is 5.33. The predicted octanol–water partition coefficient (Wildman–Crippen LogP) is 2.79. The highest BCUT2D eigenvalue weighted by Gasteiger charge is 2.12. The van der Waals surface area contributed by atoms with Crippen LogP contribution in [0.25, 0.3) is 0 Å². The summed E-state index contributed by atoms with van der Waals surface area (Å²) in [6.07, 6.45) is 1.41. The zero-order valence-corrected chi connectivity index (χ0v) is 11.2. The summed E-state index contributed by atoms with van der Waals surface area (Å²) in [5.74, 6) is -1.50. The number of anilines is 1. The van der Waals surface area contributed by atoms with E-state index in [1.807, 2.05) is 0 Å². The number of hydrogen-bond donors (Lipinski definition) is 2. The van der Waals surface area contributed by atoms with E-state index in [4.69, 9.17) is 5.11 Å². The summed E-state index contributed by atoms with van der Waals surface area (Å²) in [4.78, 5) is 26.9. The van der Waals surface area contributed by atoms with E-state index in [1.54, 1.807) is 24.3 Å². The molecule has 1 amide bonds. The summed E-state index contributed by atoms with van der Waals surface area (Å²) < 4.78 is 0.620. The largest absolute Gasteiger partial charge is 0.478 e. The fourth-order valence-electron chi connectivity index (χ4n) is 1.48. The number of hydrogen-bond acceptors (Lipinski definition) is 3. The first-order valence-corrected chi connectivity index (χ1v) is 6.12. The lowest BCUT2D eigenvalue weighted by atomic mass is 10.1. The number of amides is 1. The van der Waals surface area contributed by atoms with E-state index in [-0.39, 0.29) is 11.3 Å². The Kier molecular flexibility index (Phi) is 3.91. The molecule has 0 saturated carbocycles. The standard InChI is InChI=1S/C13H9BrN2O3/c14-11-6-5-8(7-15-11)12(17)16-10-4-2-1-3-9(10)13(18)19/h1-7H,(H,16,17)(H,18,19). The Balaban J connectivity index is 2.24. The number of rotatable bonds is 3. The van der Waals surface area contributed by atoms with Crippen LogP contribution in [0.1, 0.15) is 20.7 Å². The number of para-hydroxylation sites is 1. The van der Waals surface area contributed by atoms with E-state index in [0.717, 1.165) is 0 Å². The first-order chi connectivity index (χ1) is 9.08. The van der Waals surface area contributed by atoms with Crippen LogP contribution in [0.3, 0.4) is 0 Å². The Labute approximate surface area is 117 Å². The fourth-order valence-corrected chi connectivity index (χ4v) is 1.72. The van der Waals surface area contributed by atoms with Gasteiger partial charge >= 0.3 is 5.97 Å². The number of nitrogens with zero attached hydrogens (tertiary/aromatic N) is 1. The Morgan fingerprint density at radius 2 is 1.89 bits per heavy atom. The van der Waals surface area contributed by atoms with Crippen LogP contribution in [0, 0.1) is 0 Å². The maximum atomic E-state index is 11.9. The third-order valence-corrected chi connectivity index (χ3v) is 2.86. The quantitative estimate of drug-likeness (QED) is 0.852. The van der Waals surface area contributed by atoms with E-state index >= 15 is 0 Å². The Morgan fingerprint density at radius 3 is 2.53 bits per heavy atom. The monoisotopic (exact) mass is 320 g/mol. The first kappa shape index (κ1) is 13.2. The number of pyridine rings is 1. The molecule has 2 rings (SSSR count). The molecule has 0 radical (unpaired) electrons. The van der Waals surface area contributed by atoms with Gasteiger partial charge < -0.3 is 10.4 Å².